The highest BCUT2D eigenvalue weighted by atomic mass is 79.9. The second-order valence-corrected chi connectivity index (χ2v) is 6.57. The summed E-state index contributed by atoms with van der Waals surface area (Å²) < 4.78 is 25.0. The number of nitrogens with zero attached hydrogens (tertiary/aromatic N) is 1. The zero-order valence-corrected chi connectivity index (χ0v) is 14.7. The van der Waals surface area contributed by atoms with Gasteiger partial charge in [-0.1, -0.05) is 34.1 Å². The Labute approximate surface area is 155 Å². The van der Waals surface area contributed by atoms with E-state index in [0.29, 0.717) is 21.0 Å². The highest BCUT2D eigenvalue weighted by molar-refractivity contribution is 9.10. The first-order chi connectivity index (χ1) is 12.5. The number of nitriles is 1. The molecule has 0 amide bonds. The molecule has 1 aliphatic heterocycles. The van der Waals surface area contributed by atoms with Gasteiger partial charge in [0.25, 0.3) is 0 Å². The number of ether oxygens (including phenoxy) is 1. The van der Waals surface area contributed by atoms with Crippen LogP contribution in [0.5, 0.6) is 5.75 Å². The van der Waals surface area contributed by atoms with Gasteiger partial charge in [0.1, 0.15) is 23.0 Å². The lowest BCUT2D eigenvalue weighted by Gasteiger charge is -2.26. The highest BCUT2D eigenvalue weighted by Crippen LogP contribution is 2.45. The van der Waals surface area contributed by atoms with Crippen LogP contribution in [0, 0.1) is 17.1 Å². The fraction of sp³-hybridized carbons (Fsp3) is 0.0526. The minimum atomic E-state index is -0.834. The molecule has 0 fully saturated rings. The third-order valence-electron chi connectivity index (χ3n) is 4.25. The van der Waals surface area contributed by atoms with E-state index in [9.17, 15) is 14.4 Å². The number of halogens is 2. The molecule has 4 rings (SSSR count). The summed E-state index contributed by atoms with van der Waals surface area (Å²) >= 11 is 3.30. The quantitative estimate of drug-likeness (QED) is 0.611. The third kappa shape index (κ3) is 2.38. The van der Waals surface area contributed by atoms with Crippen molar-refractivity contribution in [3.63, 3.8) is 0 Å². The van der Waals surface area contributed by atoms with Gasteiger partial charge in [-0.15, -0.1) is 0 Å². The third-order valence-corrected chi connectivity index (χ3v) is 4.93. The Hall–Kier alpha value is -3.11. The zero-order chi connectivity index (χ0) is 18.4. The van der Waals surface area contributed by atoms with Gasteiger partial charge in [0.15, 0.2) is 5.75 Å². The summed E-state index contributed by atoms with van der Waals surface area (Å²) in [4.78, 5) is 12.7. The van der Waals surface area contributed by atoms with Gasteiger partial charge in [-0.05, 0) is 29.8 Å². The maximum atomic E-state index is 13.5. The number of para-hydroxylation sites is 1. The van der Waals surface area contributed by atoms with Crippen LogP contribution in [-0.2, 0) is 0 Å². The van der Waals surface area contributed by atoms with Crippen LogP contribution in [0.1, 0.15) is 17.0 Å². The number of hydrogen-bond acceptors (Lipinski definition) is 5. The molecule has 1 aromatic heterocycles. The van der Waals surface area contributed by atoms with Crippen molar-refractivity contribution in [2.45, 2.75) is 5.92 Å². The van der Waals surface area contributed by atoms with Crippen LogP contribution in [-0.4, -0.2) is 0 Å². The van der Waals surface area contributed by atoms with E-state index in [-0.39, 0.29) is 22.8 Å². The molecule has 1 atom stereocenters. The molecular formula is C19H10BrFN2O3. The predicted molar refractivity (Wildman–Crippen MR) is 95.9 cm³/mol. The van der Waals surface area contributed by atoms with Crippen molar-refractivity contribution in [1.29, 1.82) is 5.26 Å². The minimum Gasteiger partial charge on any atom is -0.439 e. The van der Waals surface area contributed by atoms with E-state index in [4.69, 9.17) is 14.9 Å². The van der Waals surface area contributed by atoms with Crippen molar-refractivity contribution in [1.82, 2.24) is 0 Å². The number of benzene rings is 2. The molecule has 1 aliphatic rings. The highest BCUT2D eigenvalue weighted by Gasteiger charge is 2.36. The molecule has 2 aromatic carbocycles. The summed E-state index contributed by atoms with van der Waals surface area (Å²) in [7, 11) is 0. The van der Waals surface area contributed by atoms with Crippen LogP contribution in [0.15, 0.2) is 67.6 Å². The summed E-state index contributed by atoms with van der Waals surface area (Å²) in [5, 5.41) is 10.1. The van der Waals surface area contributed by atoms with Gasteiger partial charge in [-0.3, -0.25) is 0 Å². The Morgan fingerprint density at radius 2 is 2.00 bits per heavy atom. The Kier molecular flexibility index (Phi) is 3.78. The van der Waals surface area contributed by atoms with Gasteiger partial charge in [0.05, 0.1) is 16.9 Å². The molecular weight excluding hydrogens is 403 g/mol. The number of rotatable bonds is 1. The standard InChI is InChI=1S/C19H10BrFN2O3/c20-13-7-9(21)5-6-10(13)15-12(8-22)18(23)26-17-11-3-1-2-4-14(11)25-19(24)16(15)17/h1-7,15H,23H2/t15-/m0/s1. The van der Waals surface area contributed by atoms with Gasteiger partial charge in [-0.25, -0.2) is 9.18 Å². The van der Waals surface area contributed by atoms with Crippen molar-refractivity contribution >= 4 is 26.9 Å². The van der Waals surface area contributed by atoms with Crippen molar-refractivity contribution in [2.24, 2.45) is 5.73 Å². The molecule has 0 bridgehead atoms. The molecule has 2 N–H and O–H groups in total. The molecule has 0 saturated heterocycles. The van der Waals surface area contributed by atoms with Crippen LogP contribution in [0.25, 0.3) is 11.0 Å². The van der Waals surface area contributed by atoms with Crippen LogP contribution in [0.4, 0.5) is 4.39 Å². The minimum absolute atomic E-state index is 0.0624. The van der Waals surface area contributed by atoms with E-state index >= 15 is 0 Å². The molecule has 128 valence electrons. The molecule has 0 unspecified atom stereocenters. The van der Waals surface area contributed by atoms with Gasteiger partial charge < -0.3 is 14.9 Å². The lowest BCUT2D eigenvalue weighted by atomic mass is 9.84. The van der Waals surface area contributed by atoms with Gasteiger partial charge >= 0.3 is 5.63 Å². The summed E-state index contributed by atoms with van der Waals surface area (Å²) in [5.74, 6) is -1.14. The molecule has 0 spiro atoms. The van der Waals surface area contributed by atoms with Crippen molar-refractivity contribution in [3.05, 3.63) is 85.8 Å². The average molecular weight is 413 g/mol. The summed E-state index contributed by atoms with van der Waals surface area (Å²) in [6.07, 6.45) is 0. The smallest absolute Gasteiger partial charge is 0.344 e. The van der Waals surface area contributed by atoms with E-state index in [2.05, 4.69) is 15.9 Å². The summed E-state index contributed by atoms with van der Waals surface area (Å²) in [6, 6.07) is 12.9. The van der Waals surface area contributed by atoms with Crippen LogP contribution in [0.2, 0.25) is 0 Å². The molecule has 7 heteroatoms. The molecule has 0 saturated carbocycles. The predicted octanol–water partition coefficient (Wildman–Crippen LogP) is 3.91. The molecule has 0 radical (unpaired) electrons. The normalized spacial score (nSPS) is 16.1. The van der Waals surface area contributed by atoms with Gasteiger partial charge in [0, 0.05) is 4.47 Å². The van der Waals surface area contributed by atoms with Crippen LogP contribution < -0.4 is 16.1 Å². The number of allylic oxidation sites excluding steroid dienone is 1. The monoisotopic (exact) mass is 412 g/mol. The second-order valence-electron chi connectivity index (χ2n) is 5.72. The Morgan fingerprint density at radius 3 is 2.73 bits per heavy atom. The molecule has 3 aromatic rings. The fourth-order valence-corrected chi connectivity index (χ4v) is 3.69. The number of hydrogen-bond donors (Lipinski definition) is 1. The lowest BCUT2D eigenvalue weighted by molar-refractivity contribution is 0.388. The maximum absolute atomic E-state index is 13.5. The number of nitrogens with two attached hydrogens (primary N) is 1. The molecule has 2 heterocycles. The molecule has 5 nitrogen and oxygen atoms in total. The number of fused-ring (bicyclic) bond motifs is 3. The molecule has 0 aliphatic carbocycles. The summed E-state index contributed by atoms with van der Waals surface area (Å²) in [6.45, 7) is 0. The van der Waals surface area contributed by atoms with Crippen molar-refractivity contribution < 1.29 is 13.5 Å². The van der Waals surface area contributed by atoms with Gasteiger partial charge in [-0.2, -0.15) is 5.26 Å². The van der Waals surface area contributed by atoms with E-state index in [0.717, 1.165) is 0 Å². The van der Waals surface area contributed by atoms with Crippen LogP contribution >= 0.6 is 15.9 Å². The Morgan fingerprint density at radius 1 is 1.23 bits per heavy atom. The average Bonchev–Trinajstić information content (AvgIpc) is 2.61. The van der Waals surface area contributed by atoms with E-state index in [1.54, 1.807) is 24.3 Å². The first kappa shape index (κ1) is 16.4. The topological polar surface area (TPSA) is 89.3 Å². The second kappa shape index (κ2) is 6.00. The SMILES string of the molecule is N#CC1=C(N)Oc2c(c(=O)oc3ccccc23)[C@H]1c1ccc(F)cc1Br. The van der Waals surface area contributed by atoms with Crippen molar-refractivity contribution in [3.8, 4) is 11.8 Å². The largest absolute Gasteiger partial charge is 0.439 e. The van der Waals surface area contributed by atoms with E-state index in [1.807, 2.05) is 6.07 Å². The Balaban J connectivity index is 2.10. The first-order valence-corrected chi connectivity index (χ1v) is 8.39. The lowest BCUT2D eigenvalue weighted by Crippen LogP contribution is -2.26. The fourth-order valence-electron chi connectivity index (χ4n) is 3.11. The van der Waals surface area contributed by atoms with Crippen molar-refractivity contribution in [2.75, 3.05) is 0 Å². The van der Waals surface area contributed by atoms with E-state index < -0.39 is 17.4 Å². The van der Waals surface area contributed by atoms with Gasteiger partial charge in [0.2, 0.25) is 5.88 Å². The van der Waals surface area contributed by atoms with Crippen LogP contribution in [0.3, 0.4) is 0 Å². The zero-order valence-electron chi connectivity index (χ0n) is 13.1. The molecule has 26 heavy (non-hydrogen) atoms. The summed E-state index contributed by atoms with van der Waals surface area (Å²) in [5.41, 5.74) is 6.40. The maximum Gasteiger partial charge on any atom is 0.344 e. The van der Waals surface area contributed by atoms with E-state index in [1.165, 1.54) is 18.2 Å². The first-order valence-electron chi connectivity index (χ1n) is 7.59. The Bertz CT molecular complexity index is 1190.